The Balaban J connectivity index is 1.41. The average Bonchev–Trinajstić information content (AvgIpc) is 2.91. The molecule has 1 aromatic heterocycles. The molecular weight excluding hydrogens is 320 g/mol. The smallest absolute Gasteiger partial charge is 0.179 e. The van der Waals surface area contributed by atoms with E-state index in [0.29, 0.717) is 26.1 Å². The van der Waals surface area contributed by atoms with Gasteiger partial charge in [0.25, 0.3) is 0 Å². The summed E-state index contributed by atoms with van der Waals surface area (Å²) in [7, 11) is 2.12. The summed E-state index contributed by atoms with van der Waals surface area (Å²) in [5.74, 6) is 0.200. The van der Waals surface area contributed by atoms with Crippen LogP contribution in [-0.2, 0) is 17.9 Å². The third kappa shape index (κ3) is 4.68. The van der Waals surface area contributed by atoms with Gasteiger partial charge in [-0.3, -0.25) is 14.5 Å². The van der Waals surface area contributed by atoms with Crippen LogP contribution in [0.15, 0.2) is 0 Å². The van der Waals surface area contributed by atoms with E-state index in [2.05, 4.69) is 27.3 Å². The highest BCUT2D eigenvalue weighted by Gasteiger charge is 2.24. The standard InChI is InChI=1S/C18H30N4O3/c1-13-16(15-4-3-5-17(24)18(15)20-13)12-25-19-10-14(23)11-22-8-6-21(2)7-9-22/h14,19-20,23H,3-12H2,1-2H3. The van der Waals surface area contributed by atoms with Gasteiger partial charge in [0.15, 0.2) is 5.78 Å². The van der Waals surface area contributed by atoms with Crippen molar-refractivity contribution in [2.24, 2.45) is 0 Å². The minimum absolute atomic E-state index is 0.200. The van der Waals surface area contributed by atoms with Crippen LogP contribution in [-0.4, -0.2) is 78.1 Å². The molecule has 1 aliphatic carbocycles. The molecule has 2 aliphatic rings. The molecule has 0 radical (unpaired) electrons. The lowest BCUT2D eigenvalue weighted by Crippen LogP contribution is -2.48. The van der Waals surface area contributed by atoms with E-state index in [4.69, 9.17) is 4.84 Å². The van der Waals surface area contributed by atoms with Gasteiger partial charge in [-0.15, -0.1) is 0 Å². The molecule has 2 heterocycles. The maximum atomic E-state index is 12.0. The fourth-order valence-corrected chi connectivity index (χ4v) is 3.65. The maximum Gasteiger partial charge on any atom is 0.179 e. The molecule has 1 saturated heterocycles. The lowest BCUT2D eigenvalue weighted by atomic mass is 9.94. The van der Waals surface area contributed by atoms with Gasteiger partial charge in [0.2, 0.25) is 0 Å². The van der Waals surface area contributed by atoms with Crippen LogP contribution in [0.5, 0.6) is 0 Å². The van der Waals surface area contributed by atoms with E-state index in [1.54, 1.807) is 0 Å². The van der Waals surface area contributed by atoms with Crippen molar-refractivity contribution in [2.45, 2.75) is 38.9 Å². The van der Waals surface area contributed by atoms with Gasteiger partial charge in [0.1, 0.15) is 0 Å². The molecule has 1 fully saturated rings. The van der Waals surface area contributed by atoms with Crippen molar-refractivity contribution in [1.82, 2.24) is 20.3 Å². The highest BCUT2D eigenvalue weighted by molar-refractivity contribution is 5.97. The Morgan fingerprint density at radius 2 is 2.04 bits per heavy atom. The number of piperazine rings is 1. The van der Waals surface area contributed by atoms with Crippen LogP contribution in [0.3, 0.4) is 0 Å². The van der Waals surface area contributed by atoms with Crippen LogP contribution < -0.4 is 5.48 Å². The second-order valence-corrected chi connectivity index (χ2v) is 7.25. The molecule has 1 aromatic rings. The number of rotatable bonds is 7. The Labute approximate surface area is 149 Å². The summed E-state index contributed by atoms with van der Waals surface area (Å²) >= 11 is 0. The molecule has 0 aromatic carbocycles. The number of carbonyl (C=O) groups is 1. The number of aryl methyl sites for hydroxylation is 1. The summed E-state index contributed by atoms with van der Waals surface area (Å²) in [5.41, 5.74) is 6.82. The van der Waals surface area contributed by atoms with Crippen molar-refractivity contribution >= 4 is 5.78 Å². The third-order valence-electron chi connectivity index (χ3n) is 5.24. The minimum Gasteiger partial charge on any atom is -0.390 e. The first kappa shape index (κ1) is 18.5. The van der Waals surface area contributed by atoms with Gasteiger partial charge < -0.3 is 15.0 Å². The first-order valence-electron chi connectivity index (χ1n) is 9.21. The van der Waals surface area contributed by atoms with Crippen LogP contribution in [0, 0.1) is 6.92 Å². The fourth-order valence-electron chi connectivity index (χ4n) is 3.65. The van der Waals surface area contributed by atoms with Gasteiger partial charge in [-0.1, -0.05) is 0 Å². The zero-order chi connectivity index (χ0) is 17.8. The highest BCUT2D eigenvalue weighted by atomic mass is 16.6. The third-order valence-corrected chi connectivity index (χ3v) is 5.24. The van der Waals surface area contributed by atoms with Crippen molar-refractivity contribution in [1.29, 1.82) is 0 Å². The van der Waals surface area contributed by atoms with Gasteiger partial charge in [0, 0.05) is 56.9 Å². The summed E-state index contributed by atoms with van der Waals surface area (Å²) in [4.78, 5) is 25.3. The van der Waals surface area contributed by atoms with E-state index in [9.17, 15) is 9.90 Å². The van der Waals surface area contributed by atoms with Crippen molar-refractivity contribution < 1.29 is 14.7 Å². The van der Waals surface area contributed by atoms with Crippen molar-refractivity contribution in [2.75, 3.05) is 46.3 Å². The quantitative estimate of drug-likeness (QED) is 0.490. The predicted molar refractivity (Wildman–Crippen MR) is 95.5 cm³/mol. The van der Waals surface area contributed by atoms with Crippen molar-refractivity contribution in [3.8, 4) is 0 Å². The number of hydrogen-bond donors (Lipinski definition) is 3. The lowest BCUT2D eigenvalue weighted by Gasteiger charge is -2.33. The molecule has 7 nitrogen and oxygen atoms in total. The Hall–Kier alpha value is -1.25. The number of fused-ring (bicyclic) bond motifs is 1. The van der Waals surface area contributed by atoms with Gasteiger partial charge in [-0.05, 0) is 32.4 Å². The lowest BCUT2D eigenvalue weighted by molar-refractivity contribution is -0.00712. The number of Topliss-reactive ketones (excluding diaryl/α,β-unsaturated/α-hetero) is 1. The molecule has 25 heavy (non-hydrogen) atoms. The van der Waals surface area contributed by atoms with E-state index in [-0.39, 0.29) is 5.78 Å². The highest BCUT2D eigenvalue weighted by Crippen LogP contribution is 2.27. The monoisotopic (exact) mass is 350 g/mol. The number of likely N-dealkylation sites (N-methyl/N-ethyl adjacent to an activating group) is 1. The number of carbonyl (C=O) groups excluding carboxylic acids is 1. The molecule has 3 rings (SSSR count). The van der Waals surface area contributed by atoms with Gasteiger partial charge >= 0.3 is 0 Å². The number of nitrogens with one attached hydrogen (secondary N) is 2. The number of aromatic nitrogens is 1. The van der Waals surface area contributed by atoms with Crippen LogP contribution >= 0.6 is 0 Å². The normalized spacial score (nSPS) is 20.7. The van der Waals surface area contributed by atoms with E-state index in [1.165, 1.54) is 0 Å². The van der Waals surface area contributed by atoms with E-state index in [0.717, 1.165) is 61.5 Å². The molecule has 1 unspecified atom stereocenters. The number of hydroxylamine groups is 1. The van der Waals surface area contributed by atoms with Crippen molar-refractivity contribution in [3.63, 3.8) is 0 Å². The Bertz CT molecular complexity index is 593. The Kier molecular flexibility index (Phi) is 6.24. The van der Waals surface area contributed by atoms with E-state index >= 15 is 0 Å². The number of hydrogen-bond acceptors (Lipinski definition) is 6. The zero-order valence-electron chi connectivity index (χ0n) is 15.3. The second-order valence-electron chi connectivity index (χ2n) is 7.25. The molecular formula is C18H30N4O3. The number of ketones is 1. The van der Waals surface area contributed by atoms with Crippen LogP contribution in [0.4, 0.5) is 0 Å². The molecule has 0 amide bonds. The number of H-pyrrole nitrogens is 1. The number of aliphatic hydroxyl groups is 1. The predicted octanol–water partition coefficient (Wildman–Crippen LogP) is 0.472. The Morgan fingerprint density at radius 1 is 1.28 bits per heavy atom. The summed E-state index contributed by atoms with van der Waals surface area (Å²) < 4.78 is 0. The SMILES string of the molecule is Cc1[nH]c2c(c1CONCC(O)CN1CCN(C)CC1)CCCC2=O. The molecule has 3 N–H and O–H groups in total. The number of aliphatic hydroxyl groups excluding tert-OH is 1. The van der Waals surface area contributed by atoms with E-state index in [1.807, 2.05) is 6.92 Å². The number of aromatic amines is 1. The zero-order valence-corrected chi connectivity index (χ0v) is 15.3. The van der Waals surface area contributed by atoms with Gasteiger partial charge in [-0.25, -0.2) is 0 Å². The summed E-state index contributed by atoms with van der Waals surface area (Å²) in [5, 5.41) is 10.2. The summed E-state index contributed by atoms with van der Waals surface area (Å²) in [6, 6.07) is 0. The topological polar surface area (TPSA) is 80.8 Å². The second kappa shape index (κ2) is 8.42. The largest absolute Gasteiger partial charge is 0.390 e. The first-order chi connectivity index (χ1) is 12.0. The molecule has 7 heteroatoms. The first-order valence-corrected chi connectivity index (χ1v) is 9.21. The van der Waals surface area contributed by atoms with Crippen LogP contribution in [0.2, 0.25) is 0 Å². The molecule has 140 valence electrons. The van der Waals surface area contributed by atoms with Gasteiger partial charge in [0.05, 0.1) is 18.4 Å². The number of nitrogens with zero attached hydrogens (tertiary/aromatic N) is 2. The molecule has 0 saturated carbocycles. The maximum absolute atomic E-state index is 12.0. The fraction of sp³-hybridized carbons (Fsp3) is 0.722. The average molecular weight is 350 g/mol. The van der Waals surface area contributed by atoms with Crippen molar-refractivity contribution in [3.05, 3.63) is 22.5 Å². The minimum atomic E-state index is -0.453. The summed E-state index contributed by atoms with van der Waals surface area (Å²) in [6.45, 7) is 7.54. The van der Waals surface area contributed by atoms with Crippen LogP contribution in [0.25, 0.3) is 0 Å². The van der Waals surface area contributed by atoms with Crippen LogP contribution in [0.1, 0.15) is 40.2 Å². The Morgan fingerprint density at radius 3 is 2.80 bits per heavy atom. The molecule has 1 atom stereocenters. The van der Waals surface area contributed by atoms with E-state index < -0.39 is 6.10 Å². The number of β-amino-alcohol motifs (C(OH)–C–C–N with tert-alkyl or cyclic N) is 1. The summed E-state index contributed by atoms with van der Waals surface area (Å²) in [6.07, 6.45) is 2.01. The molecule has 1 aliphatic heterocycles. The molecule has 0 bridgehead atoms. The molecule has 0 spiro atoms. The van der Waals surface area contributed by atoms with Gasteiger partial charge in [-0.2, -0.15) is 5.48 Å².